The van der Waals surface area contributed by atoms with Crippen molar-refractivity contribution in [2.75, 3.05) is 20.4 Å². The molecule has 0 unspecified atom stereocenters. The van der Waals surface area contributed by atoms with E-state index in [0.29, 0.717) is 4.52 Å². The topological polar surface area (TPSA) is 66.6 Å². The fourth-order valence-corrected chi connectivity index (χ4v) is 0.890. The van der Waals surface area contributed by atoms with Gasteiger partial charge in [0.25, 0.3) is 0 Å². The molecule has 0 saturated carbocycles. The Morgan fingerprint density at radius 1 is 1.33 bits per heavy atom. The molecule has 0 fully saturated rings. The van der Waals surface area contributed by atoms with Gasteiger partial charge < -0.3 is 0 Å². The van der Waals surface area contributed by atoms with E-state index in [2.05, 4.69) is 0 Å². The molecule has 0 aliphatic rings. The molecule has 0 amide bonds. The molecular formula is C3H11N3O2S. The first-order chi connectivity index (χ1) is 3.85. The van der Waals surface area contributed by atoms with Crippen LogP contribution in [0.3, 0.4) is 0 Å². The lowest BCUT2D eigenvalue weighted by Crippen LogP contribution is -2.46. The van der Waals surface area contributed by atoms with E-state index in [4.69, 9.17) is 5.84 Å². The van der Waals surface area contributed by atoms with Crippen LogP contribution in [0, 0.1) is 0 Å². The highest BCUT2D eigenvalue weighted by Crippen LogP contribution is 1.89. The van der Waals surface area contributed by atoms with Gasteiger partial charge in [-0.25, -0.2) is 19.3 Å². The lowest BCUT2D eigenvalue weighted by Gasteiger charge is -2.19. The second kappa shape index (κ2) is 2.61. The van der Waals surface area contributed by atoms with Crippen LogP contribution in [0.15, 0.2) is 0 Å². The van der Waals surface area contributed by atoms with Crippen molar-refractivity contribution in [2.24, 2.45) is 5.84 Å². The van der Waals surface area contributed by atoms with Crippen LogP contribution < -0.4 is 5.84 Å². The first-order valence-corrected chi connectivity index (χ1v) is 4.13. The summed E-state index contributed by atoms with van der Waals surface area (Å²) in [7, 11) is -0.180. The van der Waals surface area contributed by atoms with Gasteiger partial charge in [-0.2, -0.15) is 0 Å². The third-order valence-electron chi connectivity index (χ3n) is 0.734. The Morgan fingerprint density at radius 3 is 1.67 bits per heavy atom. The van der Waals surface area contributed by atoms with Crippen molar-refractivity contribution >= 4 is 10.0 Å². The highest BCUT2D eigenvalue weighted by molar-refractivity contribution is 7.88. The zero-order valence-electron chi connectivity index (χ0n) is 5.70. The summed E-state index contributed by atoms with van der Waals surface area (Å²) < 4.78 is 21.7. The van der Waals surface area contributed by atoms with E-state index in [0.717, 1.165) is 6.26 Å². The molecule has 6 heteroatoms. The zero-order valence-corrected chi connectivity index (χ0v) is 6.51. The van der Waals surface area contributed by atoms with Crippen LogP contribution in [-0.4, -0.2) is 38.3 Å². The number of nitrogens with zero attached hydrogens (tertiary/aromatic N) is 2. The monoisotopic (exact) mass is 153 g/mol. The second-order valence-corrected chi connectivity index (χ2v) is 3.72. The Balaban J connectivity index is 4.24. The van der Waals surface area contributed by atoms with E-state index in [1.165, 1.54) is 5.01 Å². The van der Waals surface area contributed by atoms with Gasteiger partial charge in [0, 0.05) is 14.1 Å². The van der Waals surface area contributed by atoms with Crippen molar-refractivity contribution in [1.82, 2.24) is 9.53 Å². The Labute approximate surface area is 55.0 Å². The van der Waals surface area contributed by atoms with Crippen LogP contribution in [0.4, 0.5) is 0 Å². The molecular weight excluding hydrogens is 142 g/mol. The molecule has 0 aromatic heterocycles. The molecule has 9 heavy (non-hydrogen) atoms. The van der Waals surface area contributed by atoms with E-state index in [1.807, 2.05) is 0 Å². The molecule has 0 radical (unpaired) electrons. The van der Waals surface area contributed by atoms with Crippen LogP contribution in [0.25, 0.3) is 0 Å². The fraction of sp³-hybridized carbons (Fsp3) is 1.00. The molecule has 5 nitrogen and oxygen atoms in total. The maximum atomic E-state index is 10.5. The molecule has 0 aromatic carbocycles. The molecule has 0 spiro atoms. The molecule has 0 rings (SSSR count). The Kier molecular flexibility index (Phi) is 2.56. The highest BCUT2D eigenvalue weighted by atomic mass is 32.2. The van der Waals surface area contributed by atoms with E-state index in [9.17, 15) is 8.42 Å². The Morgan fingerprint density at radius 2 is 1.67 bits per heavy atom. The van der Waals surface area contributed by atoms with E-state index in [1.54, 1.807) is 14.1 Å². The van der Waals surface area contributed by atoms with Crippen molar-refractivity contribution in [3.63, 3.8) is 0 Å². The van der Waals surface area contributed by atoms with Crippen molar-refractivity contribution in [3.05, 3.63) is 0 Å². The number of sulfonamides is 1. The summed E-state index contributed by atoms with van der Waals surface area (Å²) in [5.41, 5.74) is 0. The lowest BCUT2D eigenvalue weighted by molar-refractivity contribution is 0.129. The molecule has 0 aliphatic carbocycles. The van der Waals surface area contributed by atoms with Gasteiger partial charge in [-0.15, -0.1) is 0 Å². The van der Waals surface area contributed by atoms with Crippen molar-refractivity contribution in [2.45, 2.75) is 0 Å². The number of hydrazine groups is 2. The van der Waals surface area contributed by atoms with Gasteiger partial charge in [-0.05, 0) is 0 Å². The summed E-state index contributed by atoms with van der Waals surface area (Å²) in [6.45, 7) is 0. The number of nitrogens with two attached hydrogens (primary N) is 1. The van der Waals surface area contributed by atoms with E-state index in [-0.39, 0.29) is 0 Å². The van der Waals surface area contributed by atoms with Crippen LogP contribution in [0.2, 0.25) is 0 Å². The van der Waals surface area contributed by atoms with Crippen LogP contribution in [0.1, 0.15) is 0 Å². The predicted molar refractivity (Wildman–Crippen MR) is 34.6 cm³/mol. The standard InChI is InChI=1S/C3H11N3O2S/c1-5(2)6(4)9(3,7)8/h4H2,1-3H3. The maximum absolute atomic E-state index is 10.5. The minimum absolute atomic E-state index is 0.660. The highest BCUT2D eigenvalue weighted by Gasteiger charge is 2.12. The molecule has 0 aliphatic heterocycles. The van der Waals surface area contributed by atoms with E-state index >= 15 is 0 Å². The van der Waals surface area contributed by atoms with Crippen molar-refractivity contribution < 1.29 is 8.42 Å². The maximum Gasteiger partial charge on any atom is 0.237 e. The SMILES string of the molecule is CN(C)N(N)S(C)(=O)=O. The molecule has 0 aromatic rings. The zero-order chi connectivity index (χ0) is 7.65. The molecule has 0 atom stereocenters. The van der Waals surface area contributed by atoms with Crippen molar-refractivity contribution in [3.8, 4) is 0 Å². The summed E-state index contributed by atoms with van der Waals surface area (Å²) >= 11 is 0. The normalized spacial score (nSPS) is 13.1. The number of hydrogen-bond donors (Lipinski definition) is 1. The van der Waals surface area contributed by atoms with Gasteiger partial charge in [0.1, 0.15) is 0 Å². The minimum atomic E-state index is -3.27. The smallest absolute Gasteiger partial charge is 0.237 e. The largest absolute Gasteiger partial charge is 0.240 e. The molecule has 2 N–H and O–H groups in total. The third kappa shape index (κ3) is 2.75. The molecule has 0 bridgehead atoms. The average Bonchev–Trinajstić information content (AvgIpc) is 1.62. The summed E-state index contributed by atoms with van der Waals surface area (Å²) in [6.07, 6.45) is 1.03. The summed E-state index contributed by atoms with van der Waals surface area (Å²) in [5.74, 6) is 5.06. The van der Waals surface area contributed by atoms with E-state index < -0.39 is 10.0 Å². The van der Waals surface area contributed by atoms with Crippen LogP contribution in [0.5, 0.6) is 0 Å². The Bertz CT molecular complexity index is 173. The van der Waals surface area contributed by atoms with Gasteiger partial charge in [-0.1, -0.05) is 4.52 Å². The molecule has 56 valence electrons. The van der Waals surface area contributed by atoms with Crippen LogP contribution in [-0.2, 0) is 10.0 Å². The summed E-state index contributed by atoms with van der Waals surface area (Å²) in [4.78, 5) is 0. The predicted octanol–water partition coefficient (Wildman–Crippen LogP) is -1.40. The third-order valence-corrected chi connectivity index (χ3v) is 1.74. The average molecular weight is 153 g/mol. The first kappa shape index (κ1) is 8.83. The minimum Gasteiger partial charge on any atom is -0.240 e. The van der Waals surface area contributed by atoms with Gasteiger partial charge in [0.05, 0.1) is 6.26 Å². The molecule has 0 saturated heterocycles. The van der Waals surface area contributed by atoms with Gasteiger partial charge >= 0.3 is 0 Å². The first-order valence-electron chi connectivity index (χ1n) is 2.28. The van der Waals surface area contributed by atoms with Gasteiger partial charge in [-0.3, -0.25) is 0 Å². The summed E-state index contributed by atoms with van der Waals surface area (Å²) in [5, 5.41) is 1.27. The fourth-order valence-electron chi connectivity index (χ4n) is 0.297. The number of rotatable bonds is 2. The van der Waals surface area contributed by atoms with Gasteiger partial charge in [0.2, 0.25) is 10.0 Å². The lowest BCUT2D eigenvalue weighted by atomic mass is 11.2. The quantitative estimate of drug-likeness (QED) is 0.391. The second-order valence-electron chi connectivity index (χ2n) is 1.88. The van der Waals surface area contributed by atoms with Gasteiger partial charge in [0.15, 0.2) is 0 Å². The Hall–Kier alpha value is -0.170. The molecule has 0 heterocycles. The number of hydrogen-bond acceptors (Lipinski definition) is 4. The van der Waals surface area contributed by atoms with Crippen molar-refractivity contribution in [1.29, 1.82) is 0 Å². The van der Waals surface area contributed by atoms with Crippen LogP contribution >= 0.6 is 0 Å². The summed E-state index contributed by atoms with van der Waals surface area (Å²) in [6, 6.07) is 0.